The quantitative estimate of drug-likeness (QED) is 0.471. The Morgan fingerprint density at radius 1 is 1.11 bits per heavy atom. The van der Waals surface area contributed by atoms with Gasteiger partial charge in [-0.15, -0.1) is 21.5 Å². The number of carbonyl (C=O) groups excluding carboxylic acids is 1. The van der Waals surface area contributed by atoms with Gasteiger partial charge >= 0.3 is 0 Å². The summed E-state index contributed by atoms with van der Waals surface area (Å²) in [7, 11) is 0. The fourth-order valence-corrected chi connectivity index (χ4v) is 5.15. The highest BCUT2D eigenvalue weighted by molar-refractivity contribution is 7.99. The van der Waals surface area contributed by atoms with Crippen molar-refractivity contribution < 1.29 is 4.79 Å². The van der Waals surface area contributed by atoms with Gasteiger partial charge in [0, 0.05) is 29.8 Å². The summed E-state index contributed by atoms with van der Waals surface area (Å²) in [4.78, 5) is 20.5. The lowest BCUT2D eigenvalue weighted by atomic mass is 10.2. The molecule has 1 aromatic carbocycles. The van der Waals surface area contributed by atoms with Crippen LogP contribution in [0.5, 0.6) is 0 Å². The lowest BCUT2D eigenvalue weighted by molar-refractivity contribution is -0.127. The van der Waals surface area contributed by atoms with Gasteiger partial charge < -0.3 is 4.90 Å². The van der Waals surface area contributed by atoms with Gasteiger partial charge in [0.1, 0.15) is 5.82 Å². The van der Waals surface area contributed by atoms with E-state index in [1.54, 1.807) is 11.3 Å². The first-order chi connectivity index (χ1) is 13.8. The molecular formula is C20H19N5OS2. The summed E-state index contributed by atoms with van der Waals surface area (Å²) < 4.78 is 2.02. The minimum Gasteiger partial charge on any atom is -0.342 e. The molecular weight excluding hydrogens is 390 g/mol. The minimum atomic E-state index is 0.174. The van der Waals surface area contributed by atoms with E-state index in [1.165, 1.54) is 16.6 Å². The molecule has 0 radical (unpaired) electrons. The highest BCUT2D eigenvalue weighted by atomic mass is 32.2. The van der Waals surface area contributed by atoms with E-state index in [-0.39, 0.29) is 5.91 Å². The maximum Gasteiger partial charge on any atom is 0.233 e. The SMILES string of the molecule is O=C(CSc1nnc2c3ccccc3nc(Cc3cccs3)n12)N1CCCC1. The zero-order chi connectivity index (χ0) is 18.9. The summed E-state index contributed by atoms with van der Waals surface area (Å²) in [6.45, 7) is 1.74. The molecule has 142 valence electrons. The normalized spacial score (nSPS) is 14.4. The molecule has 1 fully saturated rings. The van der Waals surface area contributed by atoms with Gasteiger partial charge in [0.25, 0.3) is 0 Å². The standard InChI is InChI=1S/C20H19N5OS2/c26-18(24-9-3-4-10-24)13-28-20-23-22-19-15-7-1-2-8-16(15)21-17(25(19)20)12-14-6-5-11-27-14/h1-2,5-8,11H,3-4,9-10,12-13H2. The number of hydrogen-bond donors (Lipinski definition) is 0. The van der Waals surface area contributed by atoms with Crippen molar-refractivity contribution in [3.05, 3.63) is 52.5 Å². The molecule has 5 rings (SSSR count). The maximum atomic E-state index is 12.5. The maximum absolute atomic E-state index is 12.5. The van der Waals surface area contributed by atoms with Crippen molar-refractivity contribution in [3.8, 4) is 0 Å². The average Bonchev–Trinajstić information content (AvgIpc) is 3.47. The Balaban J connectivity index is 1.53. The second-order valence-corrected chi connectivity index (χ2v) is 8.79. The molecule has 1 saturated heterocycles. The van der Waals surface area contributed by atoms with Gasteiger partial charge in [0.2, 0.25) is 5.91 Å². The molecule has 1 aliphatic heterocycles. The lowest BCUT2D eigenvalue weighted by Crippen LogP contribution is -2.29. The predicted octanol–water partition coefficient (Wildman–Crippen LogP) is 3.64. The van der Waals surface area contributed by atoms with Gasteiger partial charge in [-0.2, -0.15) is 0 Å². The van der Waals surface area contributed by atoms with E-state index in [0.717, 1.165) is 53.5 Å². The van der Waals surface area contributed by atoms with E-state index >= 15 is 0 Å². The second-order valence-electron chi connectivity index (χ2n) is 6.82. The number of thioether (sulfide) groups is 1. The first-order valence-corrected chi connectivity index (χ1v) is 11.2. The van der Waals surface area contributed by atoms with Crippen molar-refractivity contribution in [3.63, 3.8) is 0 Å². The van der Waals surface area contributed by atoms with Gasteiger partial charge in [-0.25, -0.2) is 4.98 Å². The summed E-state index contributed by atoms with van der Waals surface area (Å²) >= 11 is 3.16. The Morgan fingerprint density at radius 2 is 1.96 bits per heavy atom. The summed E-state index contributed by atoms with van der Waals surface area (Å²) in [5.41, 5.74) is 1.71. The van der Waals surface area contributed by atoms with E-state index < -0.39 is 0 Å². The third-order valence-electron chi connectivity index (χ3n) is 4.98. The van der Waals surface area contributed by atoms with Crippen molar-refractivity contribution >= 4 is 45.6 Å². The molecule has 0 atom stereocenters. The van der Waals surface area contributed by atoms with Crippen molar-refractivity contribution in [2.75, 3.05) is 18.8 Å². The molecule has 1 aliphatic rings. The zero-order valence-corrected chi connectivity index (χ0v) is 16.9. The molecule has 0 bridgehead atoms. The molecule has 1 amide bonds. The fraction of sp³-hybridized carbons (Fsp3) is 0.300. The average molecular weight is 410 g/mol. The second kappa shape index (κ2) is 7.52. The number of rotatable bonds is 5. The van der Waals surface area contributed by atoms with Crippen LogP contribution in [0.2, 0.25) is 0 Å². The topological polar surface area (TPSA) is 63.4 Å². The van der Waals surface area contributed by atoms with Gasteiger partial charge in [-0.3, -0.25) is 9.20 Å². The highest BCUT2D eigenvalue weighted by Gasteiger charge is 2.21. The van der Waals surface area contributed by atoms with E-state index in [2.05, 4.69) is 27.7 Å². The van der Waals surface area contributed by atoms with Crippen LogP contribution in [0.3, 0.4) is 0 Å². The number of benzene rings is 1. The molecule has 28 heavy (non-hydrogen) atoms. The van der Waals surface area contributed by atoms with Gasteiger partial charge in [0.05, 0.1) is 11.3 Å². The Bertz CT molecular complexity index is 1130. The molecule has 0 aliphatic carbocycles. The number of likely N-dealkylation sites (tertiary alicyclic amines) is 1. The molecule has 3 aromatic heterocycles. The summed E-state index contributed by atoms with van der Waals surface area (Å²) in [5.74, 6) is 1.46. The zero-order valence-electron chi connectivity index (χ0n) is 15.2. The minimum absolute atomic E-state index is 0.174. The first-order valence-electron chi connectivity index (χ1n) is 9.35. The number of amides is 1. The van der Waals surface area contributed by atoms with Crippen molar-refractivity contribution in [1.29, 1.82) is 0 Å². The van der Waals surface area contributed by atoms with Crippen LogP contribution in [0.15, 0.2) is 46.9 Å². The van der Waals surface area contributed by atoms with Crippen LogP contribution in [0, 0.1) is 0 Å². The Morgan fingerprint density at radius 3 is 2.79 bits per heavy atom. The van der Waals surface area contributed by atoms with E-state index in [4.69, 9.17) is 4.98 Å². The van der Waals surface area contributed by atoms with Crippen LogP contribution >= 0.6 is 23.1 Å². The van der Waals surface area contributed by atoms with Crippen LogP contribution in [-0.4, -0.2) is 49.2 Å². The van der Waals surface area contributed by atoms with Crippen LogP contribution in [-0.2, 0) is 11.2 Å². The molecule has 6 nitrogen and oxygen atoms in total. The van der Waals surface area contributed by atoms with Gasteiger partial charge in [-0.05, 0) is 36.4 Å². The van der Waals surface area contributed by atoms with Crippen molar-refractivity contribution in [1.82, 2.24) is 24.5 Å². The number of thiophene rings is 1. The number of para-hydroxylation sites is 1. The number of aromatic nitrogens is 4. The molecule has 4 heterocycles. The van der Waals surface area contributed by atoms with Crippen molar-refractivity contribution in [2.24, 2.45) is 0 Å². The highest BCUT2D eigenvalue weighted by Crippen LogP contribution is 2.26. The number of carbonyl (C=O) groups is 1. The molecule has 0 spiro atoms. The van der Waals surface area contributed by atoms with Crippen molar-refractivity contribution in [2.45, 2.75) is 24.4 Å². The Hall–Kier alpha value is -2.45. The third kappa shape index (κ3) is 3.27. The van der Waals surface area contributed by atoms with E-state index in [0.29, 0.717) is 12.2 Å². The van der Waals surface area contributed by atoms with Crippen LogP contribution in [0.4, 0.5) is 0 Å². The van der Waals surface area contributed by atoms with E-state index in [9.17, 15) is 4.79 Å². The van der Waals surface area contributed by atoms with Gasteiger partial charge in [-0.1, -0.05) is 30.0 Å². The lowest BCUT2D eigenvalue weighted by Gasteiger charge is -2.14. The number of hydrogen-bond acceptors (Lipinski definition) is 6. The predicted molar refractivity (Wildman–Crippen MR) is 112 cm³/mol. The van der Waals surface area contributed by atoms with Crippen LogP contribution in [0.1, 0.15) is 23.5 Å². The molecule has 0 unspecified atom stereocenters. The molecule has 0 N–H and O–H groups in total. The first kappa shape index (κ1) is 17.6. The molecule has 0 saturated carbocycles. The largest absolute Gasteiger partial charge is 0.342 e. The third-order valence-corrected chi connectivity index (χ3v) is 6.77. The smallest absolute Gasteiger partial charge is 0.233 e. The Kier molecular flexibility index (Phi) is 4.74. The monoisotopic (exact) mass is 409 g/mol. The van der Waals surface area contributed by atoms with E-state index in [1.807, 2.05) is 33.6 Å². The Labute approximate surface area is 170 Å². The number of fused-ring (bicyclic) bond motifs is 3. The van der Waals surface area contributed by atoms with Crippen LogP contribution < -0.4 is 0 Å². The molecule has 4 aromatic rings. The van der Waals surface area contributed by atoms with Crippen LogP contribution in [0.25, 0.3) is 16.6 Å². The van der Waals surface area contributed by atoms with Gasteiger partial charge in [0.15, 0.2) is 10.8 Å². The molecule has 8 heteroatoms. The summed E-state index contributed by atoms with van der Waals surface area (Å²) in [6, 6.07) is 12.2. The number of nitrogens with zero attached hydrogens (tertiary/aromatic N) is 5. The summed E-state index contributed by atoms with van der Waals surface area (Å²) in [6.07, 6.45) is 2.92. The summed E-state index contributed by atoms with van der Waals surface area (Å²) in [5, 5.41) is 12.6. The fourth-order valence-electron chi connectivity index (χ4n) is 3.59.